The molecule has 0 aliphatic heterocycles. The van der Waals surface area contributed by atoms with Crippen LogP contribution in [-0.2, 0) is 17.1 Å². The van der Waals surface area contributed by atoms with Gasteiger partial charge in [0.05, 0.1) is 23.8 Å². The van der Waals surface area contributed by atoms with E-state index < -0.39 is 10.0 Å². The molecule has 0 fully saturated rings. The van der Waals surface area contributed by atoms with Crippen molar-refractivity contribution < 1.29 is 13.2 Å². The van der Waals surface area contributed by atoms with Crippen LogP contribution in [0.4, 0.5) is 11.6 Å². The topological polar surface area (TPSA) is 111 Å². The molecule has 10 heteroatoms. The quantitative estimate of drug-likeness (QED) is 0.418. The Morgan fingerprint density at radius 1 is 0.967 bits per heavy atom. The number of fused-ring (bicyclic) bond motifs is 1. The Hall–Kier alpha value is -3.66. The number of aromatic nitrogens is 4. The van der Waals surface area contributed by atoms with Gasteiger partial charge in [0.15, 0.2) is 11.6 Å². The highest BCUT2D eigenvalue weighted by molar-refractivity contribution is 7.92. The summed E-state index contributed by atoms with van der Waals surface area (Å²) < 4.78 is 35.1. The van der Waals surface area contributed by atoms with Crippen LogP contribution in [0.5, 0.6) is 5.75 Å². The van der Waals surface area contributed by atoms with Gasteiger partial charge in [-0.1, -0.05) is 30.3 Å². The van der Waals surface area contributed by atoms with E-state index in [1.165, 1.54) is 17.1 Å². The Labute approximate surface area is 173 Å². The molecule has 2 aromatic heterocycles. The van der Waals surface area contributed by atoms with Gasteiger partial charge in [-0.2, -0.15) is 5.10 Å². The van der Waals surface area contributed by atoms with E-state index in [0.29, 0.717) is 30.0 Å². The number of nitrogens with one attached hydrogen (secondary N) is 2. The number of para-hydroxylation sites is 3. The van der Waals surface area contributed by atoms with Crippen LogP contribution in [0, 0.1) is 0 Å². The third-order valence-corrected chi connectivity index (χ3v) is 5.49. The second kappa shape index (κ2) is 8.37. The summed E-state index contributed by atoms with van der Waals surface area (Å²) in [7, 11) is -2.22. The van der Waals surface area contributed by atoms with Gasteiger partial charge in [-0.05, 0) is 24.3 Å². The third kappa shape index (κ3) is 4.49. The van der Waals surface area contributed by atoms with Crippen molar-refractivity contribution in [3.63, 3.8) is 0 Å². The van der Waals surface area contributed by atoms with E-state index in [-0.39, 0.29) is 10.7 Å². The molecule has 9 nitrogen and oxygen atoms in total. The molecule has 0 aliphatic carbocycles. The average Bonchev–Trinajstić information content (AvgIpc) is 3.19. The standard InChI is InChI=1S/C20H20N6O3S/c1-26-14-16(13-22-26)30(27,28)25-20-19(23-17-9-5-6-10-18(17)24-20)21-11-12-29-15-7-3-2-4-8-15/h2-10,13-14H,11-12H2,1H3,(H,21,23)(H,24,25). The molecule has 0 aliphatic rings. The normalized spacial score (nSPS) is 11.4. The van der Waals surface area contributed by atoms with Crippen LogP contribution in [-0.4, -0.2) is 41.3 Å². The number of nitrogens with zero attached hydrogens (tertiary/aromatic N) is 4. The second-order valence-electron chi connectivity index (χ2n) is 6.45. The first-order chi connectivity index (χ1) is 14.5. The molecule has 2 N–H and O–H groups in total. The Kier molecular flexibility index (Phi) is 5.48. The summed E-state index contributed by atoms with van der Waals surface area (Å²) in [5.74, 6) is 1.18. The number of benzene rings is 2. The zero-order valence-electron chi connectivity index (χ0n) is 16.2. The minimum absolute atomic E-state index is 0.0401. The van der Waals surface area contributed by atoms with Crippen molar-refractivity contribution >= 4 is 32.7 Å². The fourth-order valence-electron chi connectivity index (χ4n) is 2.77. The highest BCUT2D eigenvalue weighted by Gasteiger charge is 2.20. The molecule has 2 heterocycles. The molecule has 0 amide bonds. The van der Waals surface area contributed by atoms with Crippen molar-refractivity contribution in [2.24, 2.45) is 7.05 Å². The Balaban J connectivity index is 1.56. The lowest BCUT2D eigenvalue weighted by atomic mass is 10.3. The molecule has 0 radical (unpaired) electrons. The van der Waals surface area contributed by atoms with Crippen LogP contribution in [0.2, 0.25) is 0 Å². The highest BCUT2D eigenvalue weighted by Crippen LogP contribution is 2.24. The average molecular weight is 424 g/mol. The molecular formula is C20H20N6O3S. The molecule has 4 rings (SSSR count). The SMILES string of the molecule is Cn1cc(S(=O)(=O)Nc2nc3ccccc3nc2NCCOc2ccccc2)cn1. The predicted octanol–water partition coefficient (Wildman–Crippen LogP) is 2.66. The molecule has 0 saturated heterocycles. The Bertz CT molecular complexity index is 1260. The summed E-state index contributed by atoms with van der Waals surface area (Å²) in [5, 5.41) is 7.02. The van der Waals surface area contributed by atoms with Gasteiger partial charge in [-0.3, -0.25) is 9.40 Å². The van der Waals surface area contributed by atoms with Gasteiger partial charge in [-0.15, -0.1) is 0 Å². The molecule has 0 bridgehead atoms. The van der Waals surface area contributed by atoms with Gasteiger partial charge >= 0.3 is 0 Å². The van der Waals surface area contributed by atoms with Crippen LogP contribution in [0.25, 0.3) is 11.0 Å². The number of hydrogen-bond donors (Lipinski definition) is 2. The number of ether oxygens (including phenoxy) is 1. The summed E-state index contributed by atoms with van der Waals surface area (Å²) >= 11 is 0. The molecular weight excluding hydrogens is 404 g/mol. The fourth-order valence-corrected chi connectivity index (χ4v) is 3.77. The van der Waals surface area contributed by atoms with E-state index in [2.05, 4.69) is 25.1 Å². The number of hydrogen-bond acceptors (Lipinski definition) is 7. The van der Waals surface area contributed by atoms with E-state index in [4.69, 9.17) is 4.74 Å². The number of rotatable bonds is 8. The van der Waals surface area contributed by atoms with Crippen molar-refractivity contribution in [3.8, 4) is 5.75 Å². The maximum absolute atomic E-state index is 12.7. The molecule has 2 aromatic carbocycles. The Morgan fingerprint density at radius 2 is 1.63 bits per heavy atom. The molecule has 154 valence electrons. The maximum atomic E-state index is 12.7. The van der Waals surface area contributed by atoms with Gasteiger partial charge in [0.1, 0.15) is 17.3 Å². The molecule has 0 atom stereocenters. The van der Waals surface area contributed by atoms with Crippen LogP contribution in [0.1, 0.15) is 0 Å². The third-order valence-electron chi connectivity index (χ3n) is 4.20. The van der Waals surface area contributed by atoms with Gasteiger partial charge in [0.25, 0.3) is 10.0 Å². The summed E-state index contributed by atoms with van der Waals surface area (Å²) in [5.41, 5.74) is 1.22. The van der Waals surface area contributed by atoms with Gasteiger partial charge < -0.3 is 10.1 Å². The van der Waals surface area contributed by atoms with Crippen molar-refractivity contribution in [1.82, 2.24) is 19.7 Å². The fraction of sp³-hybridized carbons (Fsp3) is 0.150. The largest absolute Gasteiger partial charge is 0.492 e. The lowest BCUT2D eigenvalue weighted by molar-refractivity contribution is 0.333. The van der Waals surface area contributed by atoms with Gasteiger partial charge in [0, 0.05) is 13.2 Å². The van der Waals surface area contributed by atoms with Crippen molar-refractivity contribution in [1.29, 1.82) is 0 Å². The van der Waals surface area contributed by atoms with E-state index in [0.717, 1.165) is 5.75 Å². The molecule has 0 saturated carbocycles. The van der Waals surface area contributed by atoms with E-state index in [9.17, 15) is 8.42 Å². The van der Waals surface area contributed by atoms with Crippen molar-refractivity contribution in [2.75, 3.05) is 23.2 Å². The summed E-state index contributed by atoms with van der Waals surface area (Å²) in [6.07, 6.45) is 2.69. The maximum Gasteiger partial charge on any atom is 0.266 e. The van der Waals surface area contributed by atoms with E-state index >= 15 is 0 Å². The van der Waals surface area contributed by atoms with E-state index in [1.54, 1.807) is 13.1 Å². The van der Waals surface area contributed by atoms with E-state index in [1.807, 2.05) is 48.5 Å². The summed E-state index contributed by atoms with van der Waals surface area (Å²) in [4.78, 5) is 9.01. The molecule has 0 unspecified atom stereocenters. The minimum Gasteiger partial charge on any atom is -0.492 e. The highest BCUT2D eigenvalue weighted by atomic mass is 32.2. The minimum atomic E-state index is -3.86. The molecule has 4 aromatic rings. The monoisotopic (exact) mass is 424 g/mol. The second-order valence-corrected chi connectivity index (χ2v) is 8.14. The first kappa shape index (κ1) is 19.6. The predicted molar refractivity (Wildman–Crippen MR) is 114 cm³/mol. The number of anilines is 2. The smallest absolute Gasteiger partial charge is 0.266 e. The number of sulfonamides is 1. The first-order valence-corrected chi connectivity index (χ1v) is 10.7. The summed E-state index contributed by atoms with van der Waals surface area (Å²) in [6.45, 7) is 0.775. The van der Waals surface area contributed by atoms with Gasteiger partial charge in [0.2, 0.25) is 0 Å². The van der Waals surface area contributed by atoms with Crippen LogP contribution in [0.3, 0.4) is 0 Å². The van der Waals surface area contributed by atoms with Gasteiger partial charge in [-0.25, -0.2) is 18.4 Å². The summed E-state index contributed by atoms with van der Waals surface area (Å²) in [6, 6.07) is 16.7. The zero-order chi connectivity index (χ0) is 21.0. The molecule has 0 spiro atoms. The molecule has 30 heavy (non-hydrogen) atoms. The zero-order valence-corrected chi connectivity index (χ0v) is 17.0. The first-order valence-electron chi connectivity index (χ1n) is 9.21. The van der Waals surface area contributed by atoms with Crippen molar-refractivity contribution in [2.45, 2.75) is 4.90 Å². The lowest BCUT2D eigenvalue weighted by Gasteiger charge is -2.13. The van der Waals surface area contributed by atoms with Crippen LogP contribution in [0.15, 0.2) is 71.9 Å². The van der Waals surface area contributed by atoms with Crippen LogP contribution < -0.4 is 14.8 Å². The lowest BCUT2D eigenvalue weighted by Crippen LogP contribution is -2.18. The van der Waals surface area contributed by atoms with Crippen molar-refractivity contribution in [3.05, 3.63) is 67.0 Å². The number of aryl methyl sites for hydroxylation is 1. The Morgan fingerprint density at radius 3 is 2.30 bits per heavy atom. The van der Waals surface area contributed by atoms with Crippen LogP contribution >= 0.6 is 0 Å².